The second kappa shape index (κ2) is 7.38. The predicted octanol–water partition coefficient (Wildman–Crippen LogP) is 2.29. The zero-order valence-electron chi connectivity index (χ0n) is 14.2. The van der Waals surface area contributed by atoms with Gasteiger partial charge >= 0.3 is 0 Å². The van der Waals surface area contributed by atoms with Crippen molar-refractivity contribution in [1.82, 2.24) is 5.32 Å². The first-order chi connectivity index (χ1) is 12.0. The van der Waals surface area contributed by atoms with Crippen LogP contribution in [0.2, 0.25) is 0 Å². The maximum atomic E-state index is 12.4. The first-order valence-electron chi connectivity index (χ1n) is 8.47. The lowest BCUT2D eigenvalue weighted by Crippen LogP contribution is -2.43. The molecule has 0 aliphatic heterocycles. The Bertz CT molecular complexity index is 774. The van der Waals surface area contributed by atoms with Gasteiger partial charge < -0.3 is 15.8 Å². The number of benzene rings is 2. The minimum absolute atomic E-state index is 0.381. The zero-order chi connectivity index (χ0) is 17.8. The molecule has 3 N–H and O–H groups in total. The van der Waals surface area contributed by atoms with Crippen LogP contribution in [0.1, 0.15) is 36.1 Å². The summed E-state index contributed by atoms with van der Waals surface area (Å²) >= 11 is 0. The number of hydrogen-bond acceptors (Lipinski definition) is 3. The van der Waals surface area contributed by atoms with Crippen molar-refractivity contribution in [1.29, 1.82) is 0 Å². The highest BCUT2D eigenvalue weighted by Gasteiger charge is 2.24. The third-order valence-corrected chi connectivity index (χ3v) is 4.46. The molecule has 2 atom stereocenters. The molecule has 0 unspecified atom stereocenters. The topological polar surface area (TPSA) is 81.4 Å². The number of hydrogen-bond donors (Lipinski definition) is 2. The highest BCUT2D eigenvalue weighted by atomic mass is 16.5. The summed E-state index contributed by atoms with van der Waals surface area (Å²) in [6.45, 7) is 1.66. The molecule has 5 heteroatoms. The number of nitrogens with one attached hydrogen (secondary N) is 1. The lowest BCUT2D eigenvalue weighted by atomic mass is 10.1. The maximum Gasteiger partial charge on any atom is 0.261 e. The van der Waals surface area contributed by atoms with Gasteiger partial charge in [-0.25, -0.2) is 0 Å². The molecule has 3 rings (SSSR count). The Morgan fingerprint density at radius 1 is 1.08 bits per heavy atom. The number of carbonyl (C=O) groups is 2. The summed E-state index contributed by atoms with van der Waals surface area (Å²) in [6, 6.07) is 14.0. The van der Waals surface area contributed by atoms with E-state index in [9.17, 15) is 9.59 Å². The summed E-state index contributed by atoms with van der Waals surface area (Å²) in [4.78, 5) is 24.1. The minimum atomic E-state index is -0.875. The van der Waals surface area contributed by atoms with Gasteiger partial charge in [0.15, 0.2) is 6.10 Å². The van der Waals surface area contributed by atoms with E-state index in [0.29, 0.717) is 11.3 Å². The fourth-order valence-corrected chi connectivity index (χ4v) is 3.10. The summed E-state index contributed by atoms with van der Waals surface area (Å²) in [5, 5.41) is 2.67. The van der Waals surface area contributed by atoms with Crippen LogP contribution in [0.4, 0.5) is 0 Å². The largest absolute Gasteiger partial charge is 0.481 e. The van der Waals surface area contributed by atoms with Gasteiger partial charge in [0.05, 0.1) is 0 Å². The maximum absolute atomic E-state index is 12.4. The van der Waals surface area contributed by atoms with Crippen LogP contribution >= 0.6 is 0 Å². The summed E-state index contributed by atoms with van der Waals surface area (Å²) in [6.07, 6.45) is 2.57. The second-order valence-corrected chi connectivity index (χ2v) is 6.30. The summed E-state index contributed by atoms with van der Waals surface area (Å²) in [5.41, 5.74) is 8.71. The number of fused-ring (bicyclic) bond motifs is 1. The van der Waals surface area contributed by atoms with E-state index in [-0.39, 0.29) is 5.91 Å². The van der Waals surface area contributed by atoms with E-state index in [0.717, 1.165) is 19.3 Å². The lowest BCUT2D eigenvalue weighted by Gasteiger charge is -2.20. The van der Waals surface area contributed by atoms with Crippen LogP contribution in [0.25, 0.3) is 0 Å². The number of ether oxygens (including phenoxy) is 1. The van der Waals surface area contributed by atoms with Gasteiger partial charge in [0.1, 0.15) is 11.8 Å². The van der Waals surface area contributed by atoms with Gasteiger partial charge in [-0.3, -0.25) is 9.59 Å². The first kappa shape index (κ1) is 17.0. The van der Waals surface area contributed by atoms with E-state index < -0.39 is 18.1 Å². The van der Waals surface area contributed by atoms with Gasteiger partial charge in [0.25, 0.3) is 5.91 Å². The Hall–Kier alpha value is -2.82. The summed E-state index contributed by atoms with van der Waals surface area (Å²) < 4.78 is 5.75. The van der Waals surface area contributed by atoms with Crippen LogP contribution in [0.3, 0.4) is 0 Å². The number of amides is 2. The molecule has 5 nitrogen and oxygen atoms in total. The molecule has 2 amide bonds. The van der Waals surface area contributed by atoms with Gasteiger partial charge in [-0.15, -0.1) is 0 Å². The zero-order valence-corrected chi connectivity index (χ0v) is 14.2. The molecule has 2 aromatic carbocycles. The van der Waals surface area contributed by atoms with Crippen LogP contribution in [0.15, 0.2) is 48.5 Å². The molecule has 25 heavy (non-hydrogen) atoms. The van der Waals surface area contributed by atoms with E-state index in [2.05, 4.69) is 11.4 Å². The van der Waals surface area contributed by atoms with Crippen molar-refractivity contribution >= 4 is 11.8 Å². The lowest BCUT2D eigenvalue weighted by molar-refractivity contribution is -0.131. The molecular weight excluding hydrogens is 316 g/mol. The molecule has 0 radical (unpaired) electrons. The van der Waals surface area contributed by atoms with Crippen molar-refractivity contribution in [3.63, 3.8) is 0 Å². The Morgan fingerprint density at radius 3 is 2.52 bits per heavy atom. The molecule has 0 aromatic heterocycles. The molecule has 0 spiro atoms. The molecule has 0 bridgehead atoms. The van der Waals surface area contributed by atoms with E-state index in [1.807, 2.05) is 18.2 Å². The van der Waals surface area contributed by atoms with Gasteiger partial charge in [0.2, 0.25) is 5.91 Å². The Balaban J connectivity index is 1.66. The quantitative estimate of drug-likeness (QED) is 0.848. The van der Waals surface area contributed by atoms with E-state index in [1.54, 1.807) is 31.2 Å². The highest BCUT2D eigenvalue weighted by molar-refractivity contribution is 5.89. The smallest absolute Gasteiger partial charge is 0.261 e. The van der Waals surface area contributed by atoms with Gasteiger partial charge in [-0.05, 0) is 55.0 Å². The first-order valence-corrected chi connectivity index (χ1v) is 8.47. The van der Waals surface area contributed by atoms with Crippen LogP contribution in [-0.4, -0.2) is 17.9 Å². The normalized spacial score (nSPS) is 15.1. The van der Waals surface area contributed by atoms with Crippen molar-refractivity contribution in [2.75, 3.05) is 0 Å². The molecule has 0 fully saturated rings. The van der Waals surface area contributed by atoms with Crippen molar-refractivity contribution in [2.45, 2.75) is 38.3 Å². The molecule has 0 heterocycles. The molecular formula is C20H22N2O3. The van der Waals surface area contributed by atoms with E-state index in [1.165, 1.54) is 11.1 Å². The SMILES string of the molecule is C[C@H](Oc1ccc2c(c1)CCC2)C(=O)N[C@H](C(N)=O)c1ccccc1. The molecule has 0 saturated heterocycles. The molecule has 0 saturated carbocycles. The van der Waals surface area contributed by atoms with Gasteiger partial charge in [-0.2, -0.15) is 0 Å². The number of nitrogens with two attached hydrogens (primary N) is 1. The second-order valence-electron chi connectivity index (χ2n) is 6.30. The van der Waals surface area contributed by atoms with E-state index >= 15 is 0 Å². The Kier molecular flexibility index (Phi) is 5.03. The number of rotatable bonds is 6. The van der Waals surface area contributed by atoms with Crippen LogP contribution in [0, 0.1) is 0 Å². The minimum Gasteiger partial charge on any atom is -0.481 e. The highest BCUT2D eigenvalue weighted by Crippen LogP contribution is 2.26. The van der Waals surface area contributed by atoms with Crippen molar-refractivity contribution in [3.05, 3.63) is 65.2 Å². The number of aryl methyl sites for hydroxylation is 2. The third-order valence-electron chi connectivity index (χ3n) is 4.46. The van der Waals surface area contributed by atoms with Crippen molar-refractivity contribution in [3.8, 4) is 5.75 Å². The molecule has 1 aliphatic rings. The van der Waals surface area contributed by atoms with Crippen LogP contribution < -0.4 is 15.8 Å². The van der Waals surface area contributed by atoms with Crippen molar-refractivity contribution < 1.29 is 14.3 Å². The molecule has 130 valence electrons. The molecule has 2 aromatic rings. The average Bonchev–Trinajstić information content (AvgIpc) is 3.07. The monoisotopic (exact) mass is 338 g/mol. The van der Waals surface area contributed by atoms with Crippen LogP contribution in [0.5, 0.6) is 5.75 Å². The fraction of sp³-hybridized carbons (Fsp3) is 0.300. The summed E-state index contributed by atoms with van der Waals surface area (Å²) in [5.74, 6) is -0.323. The number of carbonyl (C=O) groups excluding carboxylic acids is 2. The third kappa shape index (κ3) is 3.99. The standard InChI is InChI=1S/C20H22N2O3/c1-13(25-17-11-10-14-8-5-9-16(14)12-17)20(24)22-18(19(21)23)15-6-3-2-4-7-15/h2-4,6-7,10-13,18H,5,8-9H2,1H3,(H2,21,23)(H,22,24)/t13-,18-/m0/s1. The van der Waals surface area contributed by atoms with Gasteiger partial charge in [0, 0.05) is 0 Å². The fourth-order valence-electron chi connectivity index (χ4n) is 3.10. The predicted molar refractivity (Wildman–Crippen MR) is 95.1 cm³/mol. The van der Waals surface area contributed by atoms with E-state index in [4.69, 9.17) is 10.5 Å². The number of primary amides is 1. The average molecular weight is 338 g/mol. The van der Waals surface area contributed by atoms with Gasteiger partial charge in [-0.1, -0.05) is 36.4 Å². The Morgan fingerprint density at radius 2 is 1.80 bits per heavy atom. The summed E-state index contributed by atoms with van der Waals surface area (Å²) in [7, 11) is 0. The molecule has 1 aliphatic carbocycles. The Labute approximate surface area is 147 Å². The van der Waals surface area contributed by atoms with Crippen molar-refractivity contribution in [2.24, 2.45) is 5.73 Å². The van der Waals surface area contributed by atoms with Crippen LogP contribution in [-0.2, 0) is 22.4 Å².